The molecule has 1 rings (SSSR count). The number of benzene rings is 1. The van der Waals surface area contributed by atoms with E-state index in [0.717, 1.165) is 9.99 Å². The van der Waals surface area contributed by atoms with Gasteiger partial charge in [-0.2, -0.15) is 5.26 Å². The number of carbonyl (C=O) groups excluding carboxylic acids is 1. The van der Waals surface area contributed by atoms with Crippen LogP contribution in [0.2, 0.25) is 0 Å². The number of rotatable bonds is 7. The van der Waals surface area contributed by atoms with Crippen LogP contribution in [0, 0.1) is 14.9 Å². The van der Waals surface area contributed by atoms with Crippen molar-refractivity contribution in [2.24, 2.45) is 0 Å². The predicted molar refractivity (Wildman–Crippen MR) is 91.7 cm³/mol. The largest absolute Gasteiger partial charge is 0.493 e. The molecule has 0 spiro atoms. The summed E-state index contributed by atoms with van der Waals surface area (Å²) in [5.41, 5.74) is 0.622. The molecule has 0 saturated heterocycles. The minimum Gasteiger partial charge on any atom is -0.493 e. The van der Waals surface area contributed by atoms with Gasteiger partial charge in [0.1, 0.15) is 11.6 Å². The standard InChI is InChI=1S/C16H18INO4/c1-4-6-22-15-13(17)8-11(9-14(15)20-3)7-12(10-18)16(19)21-5-2/h7-9H,4-6H2,1-3H3. The van der Waals surface area contributed by atoms with Gasteiger partial charge < -0.3 is 14.2 Å². The lowest BCUT2D eigenvalue weighted by Gasteiger charge is -2.13. The number of methoxy groups -OCH3 is 1. The van der Waals surface area contributed by atoms with E-state index in [1.54, 1.807) is 20.1 Å². The maximum Gasteiger partial charge on any atom is 0.348 e. The van der Waals surface area contributed by atoms with Crippen LogP contribution in [0.4, 0.5) is 0 Å². The fourth-order valence-corrected chi connectivity index (χ4v) is 2.46. The van der Waals surface area contributed by atoms with Crippen LogP contribution in [0.25, 0.3) is 6.08 Å². The van der Waals surface area contributed by atoms with Crippen molar-refractivity contribution in [3.63, 3.8) is 0 Å². The highest BCUT2D eigenvalue weighted by atomic mass is 127. The summed E-state index contributed by atoms with van der Waals surface area (Å²) in [5.74, 6) is 0.592. The van der Waals surface area contributed by atoms with Crippen LogP contribution in [0.1, 0.15) is 25.8 Å². The van der Waals surface area contributed by atoms with Gasteiger partial charge in [-0.1, -0.05) is 6.92 Å². The summed E-state index contributed by atoms with van der Waals surface area (Å²) < 4.78 is 16.7. The Morgan fingerprint density at radius 1 is 1.41 bits per heavy atom. The van der Waals surface area contributed by atoms with Crippen LogP contribution in [0.3, 0.4) is 0 Å². The van der Waals surface area contributed by atoms with Crippen molar-refractivity contribution in [1.82, 2.24) is 0 Å². The van der Waals surface area contributed by atoms with Crippen molar-refractivity contribution >= 4 is 34.6 Å². The second-order valence-electron chi connectivity index (χ2n) is 4.27. The maximum atomic E-state index is 11.7. The highest BCUT2D eigenvalue weighted by molar-refractivity contribution is 14.1. The molecule has 0 unspecified atom stereocenters. The zero-order chi connectivity index (χ0) is 16.5. The Bertz CT molecular complexity index is 605. The van der Waals surface area contributed by atoms with Crippen LogP contribution in [0.15, 0.2) is 17.7 Å². The van der Waals surface area contributed by atoms with Gasteiger partial charge in [-0.25, -0.2) is 4.79 Å². The monoisotopic (exact) mass is 415 g/mol. The molecule has 0 aliphatic heterocycles. The second kappa shape index (κ2) is 9.30. The van der Waals surface area contributed by atoms with E-state index in [-0.39, 0.29) is 12.2 Å². The number of hydrogen-bond acceptors (Lipinski definition) is 5. The van der Waals surface area contributed by atoms with Gasteiger partial charge in [-0.05, 0) is 59.7 Å². The molecule has 118 valence electrons. The number of carbonyl (C=O) groups is 1. The predicted octanol–water partition coefficient (Wildman–Crippen LogP) is 3.56. The molecule has 0 atom stereocenters. The van der Waals surface area contributed by atoms with Crippen molar-refractivity contribution in [1.29, 1.82) is 5.26 Å². The molecule has 0 aromatic heterocycles. The number of esters is 1. The lowest BCUT2D eigenvalue weighted by molar-refractivity contribution is -0.137. The van der Waals surface area contributed by atoms with Crippen molar-refractivity contribution in [2.45, 2.75) is 20.3 Å². The molecule has 0 bridgehead atoms. The van der Waals surface area contributed by atoms with E-state index in [0.29, 0.717) is 23.7 Å². The van der Waals surface area contributed by atoms with Gasteiger partial charge in [0.05, 0.1) is 23.9 Å². The Morgan fingerprint density at radius 3 is 2.68 bits per heavy atom. The summed E-state index contributed by atoms with van der Waals surface area (Å²) in [6, 6.07) is 5.40. The highest BCUT2D eigenvalue weighted by Crippen LogP contribution is 2.34. The first kappa shape index (κ1) is 18.3. The van der Waals surface area contributed by atoms with Gasteiger partial charge in [-0.15, -0.1) is 0 Å². The molecule has 0 N–H and O–H groups in total. The van der Waals surface area contributed by atoms with Gasteiger partial charge in [0, 0.05) is 0 Å². The van der Waals surface area contributed by atoms with Crippen molar-refractivity contribution in [2.75, 3.05) is 20.3 Å². The quantitative estimate of drug-likeness (QED) is 0.295. The van der Waals surface area contributed by atoms with E-state index in [4.69, 9.17) is 19.5 Å². The van der Waals surface area contributed by atoms with Gasteiger partial charge in [0.15, 0.2) is 11.5 Å². The second-order valence-corrected chi connectivity index (χ2v) is 5.44. The molecule has 6 heteroatoms. The Labute approximate surface area is 144 Å². The molecule has 1 aromatic rings. The third-order valence-electron chi connectivity index (χ3n) is 2.63. The molecule has 0 saturated carbocycles. The first-order valence-electron chi connectivity index (χ1n) is 6.86. The maximum absolute atomic E-state index is 11.7. The summed E-state index contributed by atoms with van der Waals surface area (Å²) in [6.45, 7) is 4.53. The topological polar surface area (TPSA) is 68.5 Å². The summed E-state index contributed by atoms with van der Waals surface area (Å²) in [5, 5.41) is 9.07. The molecular formula is C16H18INO4. The molecule has 0 aliphatic rings. The average Bonchev–Trinajstić information content (AvgIpc) is 2.51. The third-order valence-corrected chi connectivity index (χ3v) is 3.43. The molecule has 0 amide bonds. The Balaban J connectivity index is 3.18. The minimum absolute atomic E-state index is 0.0538. The molecule has 0 radical (unpaired) electrons. The van der Waals surface area contributed by atoms with E-state index in [2.05, 4.69) is 22.6 Å². The first-order chi connectivity index (χ1) is 10.6. The lowest BCUT2D eigenvalue weighted by atomic mass is 10.1. The first-order valence-corrected chi connectivity index (χ1v) is 7.94. The fraction of sp³-hybridized carbons (Fsp3) is 0.375. The molecule has 0 fully saturated rings. The van der Waals surface area contributed by atoms with E-state index >= 15 is 0 Å². The lowest BCUT2D eigenvalue weighted by Crippen LogP contribution is -2.06. The van der Waals surface area contributed by atoms with Crippen molar-refractivity contribution in [3.8, 4) is 17.6 Å². The molecule has 22 heavy (non-hydrogen) atoms. The van der Waals surface area contributed by atoms with Crippen LogP contribution >= 0.6 is 22.6 Å². The number of nitriles is 1. The zero-order valence-corrected chi connectivity index (χ0v) is 15.0. The summed E-state index contributed by atoms with van der Waals surface area (Å²) in [4.78, 5) is 11.7. The third kappa shape index (κ3) is 4.91. The van der Waals surface area contributed by atoms with Gasteiger partial charge in [0.2, 0.25) is 0 Å². The number of ether oxygens (including phenoxy) is 3. The van der Waals surface area contributed by atoms with Crippen molar-refractivity contribution < 1.29 is 19.0 Å². The Hall–Kier alpha value is -1.75. The smallest absolute Gasteiger partial charge is 0.348 e. The van der Waals surface area contributed by atoms with E-state index in [9.17, 15) is 4.79 Å². The van der Waals surface area contributed by atoms with Gasteiger partial charge in [0.25, 0.3) is 0 Å². The summed E-state index contributed by atoms with van der Waals surface area (Å²) in [6.07, 6.45) is 2.37. The highest BCUT2D eigenvalue weighted by Gasteiger charge is 2.14. The number of nitrogens with zero attached hydrogens (tertiary/aromatic N) is 1. The molecule has 5 nitrogen and oxygen atoms in total. The Morgan fingerprint density at radius 2 is 2.14 bits per heavy atom. The fourth-order valence-electron chi connectivity index (χ4n) is 1.68. The number of hydrogen-bond donors (Lipinski definition) is 0. The van der Waals surface area contributed by atoms with E-state index in [1.165, 1.54) is 6.08 Å². The minimum atomic E-state index is -0.634. The van der Waals surface area contributed by atoms with E-state index in [1.807, 2.05) is 19.1 Å². The van der Waals surface area contributed by atoms with Gasteiger partial charge >= 0.3 is 5.97 Å². The molecular weight excluding hydrogens is 397 g/mol. The summed E-state index contributed by atoms with van der Waals surface area (Å²) in [7, 11) is 1.55. The Kier molecular flexibility index (Phi) is 7.74. The normalized spacial score (nSPS) is 10.8. The molecule has 0 heterocycles. The van der Waals surface area contributed by atoms with Crippen molar-refractivity contribution in [3.05, 3.63) is 26.8 Å². The zero-order valence-electron chi connectivity index (χ0n) is 12.8. The SMILES string of the molecule is CCCOc1c(I)cc(C=C(C#N)C(=O)OCC)cc1OC. The van der Waals surface area contributed by atoms with Gasteiger partial charge in [-0.3, -0.25) is 0 Å². The summed E-state index contributed by atoms with van der Waals surface area (Å²) >= 11 is 2.13. The molecule has 1 aromatic carbocycles. The molecule has 0 aliphatic carbocycles. The van der Waals surface area contributed by atoms with E-state index < -0.39 is 5.97 Å². The van der Waals surface area contributed by atoms with Crippen LogP contribution in [-0.2, 0) is 9.53 Å². The van der Waals surface area contributed by atoms with Crippen LogP contribution in [-0.4, -0.2) is 26.3 Å². The average molecular weight is 415 g/mol. The van der Waals surface area contributed by atoms with Crippen LogP contribution < -0.4 is 9.47 Å². The van der Waals surface area contributed by atoms with Crippen LogP contribution in [0.5, 0.6) is 11.5 Å². The number of halogens is 1.